The highest BCUT2D eigenvalue weighted by Crippen LogP contribution is 2.28. The first kappa shape index (κ1) is 8.52. The van der Waals surface area contributed by atoms with Gasteiger partial charge in [0.2, 0.25) is 0 Å². The van der Waals surface area contributed by atoms with Gasteiger partial charge < -0.3 is 5.11 Å². The predicted octanol–water partition coefficient (Wildman–Crippen LogP) is 1.42. The number of rotatable bonds is 0. The highest BCUT2D eigenvalue weighted by atomic mass is 16.3. The van der Waals surface area contributed by atoms with Crippen molar-refractivity contribution in [1.82, 2.24) is 0 Å². The molecule has 0 saturated heterocycles. The van der Waals surface area contributed by atoms with Crippen molar-refractivity contribution in [2.24, 2.45) is 5.41 Å². The minimum atomic E-state index is -0.993. The second-order valence-electron chi connectivity index (χ2n) is 3.47. The zero-order valence-electron chi connectivity index (χ0n) is 6.52. The van der Waals surface area contributed by atoms with E-state index < -0.39 is 5.60 Å². The molecule has 0 aliphatic rings. The van der Waals surface area contributed by atoms with Crippen molar-refractivity contribution < 1.29 is 5.11 Å². The second-order valence-corrected chi connectivity index (χ2v) is 3.47. The van der Waals surface area contributed by atoms with E-state index in [1.165, 1.54) is 0 Å². The molecular weight excluding hydrogens is 112 g/mol. The molecule has 0 heterocycles. The van der Waals surface area contributed by atoms with Crippen molar-refractivity contribution in [2.75, 3.05) is 0 Å². The summed E-state index contributed by atoms with van der Waals surface area (Å²) in [6, 6.07) is 0. The van der Waals surface area contributed by atoms with Crippen LogP contribution in [-0.2, 0) is 0 Å². The topological polar surface area (TPSA) is 20.2 Å². The van der Waals surface area contributed by atoms with Gasteiger partial charge in [0.1, 0.15) is 5.60 Å². The van der Waals surface area contributed by atoms with Crippen LogP contribution in [0.4, 0.5) is 0 Å². The van der Waals surface area contributed by atoms with Crippen LogP contribution in [0.1, 0.15) is 27.7 Å². The molecule has 0 rings (SSSR count). The molecule has 0 aromatic carbocycles. The lowest BCUT2D eigenvalue weighted by molar-refractivity contribution is 0.0130. The van der Waals surface area contributed by atoms with Gasteiger partial charge in [-0.05, 0) is 6.92 Å². The van der Waals surface area contributed by atoms with Gasteiger partial charge in [-0.1, -0.05) is 26.7 Å². The lowest BCUT2D eigenvalue weighted by atomic mass is 9.79. The largest absolute Gasteiger partial charge is 0.377 e. The maximum Gasteiger partial charge on any atom is 0.127 e. The zero-order chi connectivity index (χ0) is 7.71. The first-order valence-electron chi connectivity index (χ1n) is 3.01. The number of terminal acetylenes is 1. The smallest absolute Gasteiger partial charge is 0.127 e. The minimum absolute atomic E-state index is 0.234. The van der Waals surface area contributed by atoms with Gasteiger partial charge >= 0.3 is 0 Å². The third-order valence-electron chi connectivity index (χ3n) is 1.74. The molecule has 0 aliphatic heterocycles. The third-order valence-corrected chi connectivity index (χ3v) is 1.74. The molecule has 1 heteroatoms. The quantitative estimate of drug-likeness (QED) is 0.487. The van der Waals surface area contributed by atoms with E-state index in [9.17, 15) is 5.11 Å². The lowest BCUT2D eigenvalue weighted by Gasteiger charge is -2.31. The standard InChI is InChI=1S/C8H14O/c1-6-8(5,9)7(2,3)4/h1,9H,2-5H3/t8-/m1/s1. The Labute approximate surface area is 57.1 Å². The van der Waals surface area contributed by atoms with E-state index in [1.807, 2.05) is 20.8 Å². The lowest BCUT2D eigenvalue weighted by Crippen LogP contribution is -2.37. The van der Waals surface area contributed by atoms with E-state index in [-0.39, 0.29) is 5.41 Å². The van der Waals surface area contributed by atoms with E-state index >= 15 is 0 Å². The van der Waals surface area contributed by atoms with Gasteiger partial charge in [-0.15, -0.1) is 6.42 Å². The summed E-state index contributed by atoms with van der Waals surface area (Å²) in [5.74, 6) is 2.34. The summed E-state index contributed by atoms with van der Waals surface area (Å²) < 4.78 is 0. The minimum Gasteiger partial charge on any atom is -0.377 e. The van der Waals surface area contributed by atoms with Crippen molar-refractivity contribution in [3.05, 3.63) is 0 Å². The Morgan fingerprint density at radius 1 is 1.22 bits per heavy atom. The van der Waals surface area contributed by atoms with E-state index in [0.29, 0.717) is 0 Å². The van der Waals surface area contributed by atoms with Crippen molar-refractivity contribution in [2.45, 2.75) is 33.3 Å². The van der Waals surface area contributed by atoms with Crippen LogP contribution in [0, 0.1) is 17.8 Å². The summed E-state index contributed by atoms with van der Waals surface area (Å²) in [6.07, 6.45) is 5.09. The number of aliphatic hydroxyl groups is 1. The van der Waals surface area contributed by atoms with Gasteiger partial charge in [0.25, 0.3) is 0 Å². The van der Waals surface area contributed by atoms with E-state index in [4.69, 9.17) is 6.42 Å². The van der Waals surface area contributed by atoms with Crippen LogP contribution in [-0.4, -0.2) is 10.7 Å². The molecular formula is C8H14O. The van der Waals surface area contributed by atoms with E-state index in [0.717, 1.165) is 0 Å². The maximum absolute atomic E-state index is 9.42. The van der Waals surface area contributed by atoms with Crippen LogP contribution in [0.3, 0.4) is 0 Å². The molecule has 0 amide bonds. The molecule has 0 aromatic rings. The Morgan fingerprint density at radius 2 is 1.56 bits per heavy atom. The number of hydrogen-bond donors (Lipinski definition) is 1. The van der Waals surface area contributed by atoms with E-state index in [2.05, 4.69) is 5.92 Å². The van der Waals surface area contributed by atoms with Crippen molar-refractivity contribution in [3.8, 4) is 12.3 Å². The van der Waals surface area contributed by atoms with E-state index in [1.54, 1.807) is 6.92 Å². The molecule has 52 valence electrons. The Hall–Kier alpha value is -0.480. The molecule has 0 fully saturated rings. The van der Waals surface area contributed by atoms with Crippen LogP contribution in [0.2, 0.25) is 0 Å². The monoisotopic (exact) mass is 126 g/mol. The second kappa shape index (κ2) is 2.04. The highest BCUT2D eigenvalue weighted by Gasteiger charge is 2.32. The average molecular weight is 126 g/mol. The fraction of sp³-hybridized carbons (Fsp3) is 0.750. The molecule has 0 unspecified atom stereocenters. The Balaban J connectivity index is 4.39. The SMILES string of the molecule is C#C[C@@](C)(O)C(C)(C)C. The van der Waals surface area contributed by atoms with Gasteiger partial charge in [0, 0.05) is 5.41 Å². The van der Waals surface area contributed by atoms with Crippen molar-refractivity contribution >= 4 is 0 Å². The summed E-state index contributed by atoms with van der Waals surface area (Å²) in [4.78, 5) is 0. The van der Waals surface area contributed by atoms with Crippen LogP contribution in [0.15, 0.2) is 0 Å². The molecule has 1 N–H and O–H groups in total. The summed E-state index contributed by atoms with van der Waals surface area (Å²) >= 11 is 0. The molecule has 0 aliphatic carbocycles. The molecule has 1 nitrogen and oxygen atoms in total. The molecule has 0 aromatic heterocycles. The summed E-state index contributed by atoms with van der Waals surface area (Å²) in [5.41, 5.74) is -1.23. The van der Waals surface area contributed by atoms with Crippen LogP contribution >= 0.6 is 0 Å². The highest BCUT2D eigenvalue weighted by molar-refractivity contribution is 5.10. The fourth-order valence-corrected chi connectivity index (χ4v) is 0.217. The Morgan fingerprint density at radius 3 is 1.56 bits per heavy atom. The fourth-order valence-electron chi connectivity index (χ4n) is 0.217. The van der Waals surface area contributed by atoms with Crippen LogP contribution < -0.4 is 0 Å². The van der Waals surface area contributed by atoms with Crippen molar-refractivity contribution in [3.63, 3.8) is 0 Å². The van der Waals surface area contributed by atoms with Gasteiger partial charge in [-0.2, -0.15) is 0 Å². The van der Waals surface area contributed by atoms with Gasteiger partial charge in [0.15, 0.2) is 0 Å². The Bertz CT molecular complexity index is 132. The van der Waals surface area contributed by atoms with Crippen LogP contribution in [0.25, 0.3) is 0 Å². The van der Waals surface area contributed by atoms with Gasteiger partial charge in [-0.3, -0.25) is 0 Å². The van der Waals surface area contributed by atoms with Gasteiger partial charge in [-0.25, -0.2) is 0 Å². The summed E-state index contributed by atoms with van der Waals surface area (Å²) in [6.45, 7) is 7.37. The van der Waals surface area contributed by atoms with Gasteiger partial charge in [0.05, 0.1) is 0 Å². The number of hydrogen-bond acceptors (Lipinski definition) is 1. The molecule has 0 radical (unpaired) electrons. The van der Waals surface area contributed by atoms with Crippen molar-refractivity contribution in [1.29, 1.82) is 0 Å². The first-order valence-corrected chi connectivity index (χ1v) is 3.01. The van der Waals surface area contributed by atoms with Crippen LogP contribution in [0.5, 0.6) is 0 Å². The molecule has 0 saturated carbocycles. The Kier molecular flexibility index (Phi) is 1.93. The molecule has 0 spiro atoms. The molecule has 1 atom stereocenters. The normalized spacial score (nSPS) is 18.2. The molecule has 9 heavy (non-hydrogen) atoms. The predicted molar refractivity (Wildman–Crippen MR) is 38.9 cm³/mol. The zero-order valence-corrected chi connectivity index (χ0v) is 6.52. The maximum atomic E-state index is 9.42. The third kappa shape index (κ3) is 1.73. The first-order chi connectivity index (χ1) is 3.81. The molecule has 0 bridgehead atoms. The summed E-state index contributed by atoms with van der Waals surface area (Å²) in [7, 11) is 0. The average Bonchev–Trinajstić information content (AvgIpc) is 1.64. The summed E-state index contributed by atoms with van der Waals surface area (Å²) in [5, 5.41) is 9.42.